The quantitative estimate of drug-likeness (QED) is 0.756. The molecule has 9 heteroatoms. The van der Waals surface area contributed by atoms with E-state index in [9.17, 15) is 9.59 Å². The Hall–Kier alpha value is -2.71. The highest BCUT2D eigenvalue weighted by atomic mass is 16.2. The van der Waals surface area contributed by atoms with Gasteiger partial charge in [0.2, 0.25) is 0 Å². The molecule has 2 aromatic rings. The Morgan fingerprint density at radius 3 is 2.50 bits per heavy atom. The molecule has 9 nitrogen and oxygen atoms in total. The van der Waals surface area contributed by atoms with Crippen LogP contribution in [-0.4, -0.2) is 73.0 Å². The number of fused-ring (bicyclic) bond motifs is 1. The summed E-state index contributed by atoms with van der Waals surface area (Å²) in [5, 5.41) is 0. The van der Waals surface area contributed by atoms with E-state index >= 15 is 0 Å². The van der Waals surface area contributed by atoms with E-state index in [2.05, 4.69) is 19.9 Å². The Morgan fingerprint density at radius 1 is 1.00 bits per heavy atom. The van der Waals surface area contributed by atoms with Gasteiger partial charge in [0.05, 0.1) is 6.33 Å². The minimum atomic E-state index is -0.0925. The van der Waals surface area contributed by atoms with Crippen LogP contribution in [0, 0.1) is 0 Å². The van der Waals surface area contributed by atoms with Crippen LogP contribution in [0.15, 0.2) is 12.7 Å². The molecule has 136 valence electrons. The zero-order chi connectivity index (χ0) is 17.8. The molecule has 0 aromatic carbocycles. The van der Waals surface area contributed by atoms with Crippen molar-refractivity contribution >= 4 is 28.9 Å². The lowest BCUT2D eigenvalue weighted by molar-refractivity contribution is -0.125. The lowest BCUT2D eigenvalue weighted by Gasteiger charge is -2.36. The fourth-order valence-electron chi connectivity index (χ4n) is 4.07. The average molecular weight is 355 g/mol. The topological polar surface area (TPSA) is 87.5 Å². The molecule has 26 heavy (non-hydrogen) atoms. The molecule has 1 aliphatic carbocycles. The third-order valence-electron chi connectivity index (χ3n) is 5.62. The van der Waals surface area contributed by atoms with Crippen molar-refractivity contribution in [2.24, 2.45) is 7.05 Å². The fourth-order valence-corrected chi connectivity index (χ4v) is 4.07. The highest BCUT2D eigenvalue weighted by Gasteiger charge is 2.47. The van der Waals surface area contributed by atoms with Gasteiger partial charge in [-0.2, -0.15) is 0 Å². The number of aromatic nitrogens is 4. The molecule has 0 unspecified atom stereocenters. The number of carbonyl (C=O) groups excluding carboxylic acids is 2. The summed E-state index contributed by atoms with van der Waals surface area (Å²) in [6.07, 6.45) is 6.89. The number of hydrogen-bond donors (Lipinski definition) is 0. The summed E-state index contributed by atoms with van der Waals surface area (Å²) in [6.45, 7) is 1.81. The van der Waals surface area contributed by atoms with Crippen LogP contribution < -0.4 is 4.90 Å². The normalized spacial score (nSPS) is 22.1. The maximum absolute atomic E-state index is 12.6. The van der Waals surface area contributed by atoms with Crippen LogP contribution >= 0.6 is 0 Å². The molecule has 3 amide bonds. The first-order valence-corrected chi connectivity index (χ1v) is 9.13. The first kappa shape index (κ1) is 15.5. The van der Waals surface area contributed by atoms with E-state index in [1.807, 2.05) is 11.6 Å². The monoisotopic (exact) mass is 355 g/mol. The third-order valence-corrected chi connectivity index (χ3v) is 5.62. The molecule has 2 saturated heterocycles. The van der Waals surface area contributed by atoms with Gasteiger partial charge in [0.25, 0.3) is 5.91 Å². The van der Waals surface area contributed by atoms with Crippen LogP contribution in [-0.2, 0) is 11.8 Å². The first-order chi connectivity index (χ1) is 12.6. The van der Waals surface area contributed by atoms with Crippen molar-refractivity contribution in [2.45, 2.75) is 37.8 Å². The summed E-state index contributed by atoms with van der Waals surface area (Å²) < 4.78 is 1.88. The molecule has 0 atom stereocenters. The molecule has 0 N–H and O–H groups in total. The van der Waals surface area contributed by atoms with Gasteiger partial charge in [0.15, 0.2) is 17.0 Å². The lowest BCUT2D eigenvalue weighted by Crippen LogP contribution is -2.47. The van der Waals surface area contributed by atoms with Gasteiger partial charge in [-0.25, -0.2) is 19.7 Å². The van der Waals surface area contributed by atoms with Crippen molar-refractivity contribution in [3.63, 3.8) is 0 Å². The van der Waals surface area contributed by atoms with E-state index in [1.165, 1.54) is 4.90 Å². The Balaban J connectivity index is 1.30. The molecule has 2 aromatic heterocycles. The van der Waals surface area contributed by atoms with Gasteiger partial charge in [-0.1, -0.05) is 0 Å². The van der Waals surface area contributed by atoms with Gasteiger partial charge in [-0.05, 0) is 25.7 Å². The van der Waals surface area contributed by atoms with Gasteiger partial charge in [-0.15, -0.1) is 0 Å². The molecule has 2 aliphatic heterocycles. The molecule has 4 heterocycles. The molecule has 0 spiro atoms. The van der Waals surface area contributed by atoms with E-state index < -0.39 is 0 Å². The van der Waals surface area contributed by atoms with Gasteiger partial charge < -0.3 is 14.4 Å². The number of nitrogens with zero attached hydrogens (tertiary/aromatic N) is 7. The third kappa shape index (κ3) is 2.33. The summed E-state index contributed by atoms with van der Waals surface area (Å²) >= 11 is 0. The average Bonchev–Trinajstić information content (AvgIpc) is 3.35. The van der Waals surface area contributed by atoms with Gasteiger partial charge in [0, 0.05) is 32.2 Å². The number of aryl methyl sites for hydroxylation is 1. The molecule has 3 fully saturated rings. The van der Waals surface area contributed by atoms with Crippen LogP contribution in [0.25, 0.3) is 11.2 Å². The number of carbonyl (C=O) groups is 2. The van der Waals surface area contributed by atoms with E-state index in [0.717, 1.165) is 55.8 Å². The second-order valence-electron chi connectivity index (χ2n) is 7.35. The molecular weight excluding hydrogens is 334 g/mol. The maximum Gasteiger partial charge on any atom is 0.327 e. The van der Waals surface area contributed by atoms with E-state index in [1.54, 1.807) is 17.6 Å². The second-order valence-corrected chi connectivity index (χ2v) is 7.35. The smallest absolute Gasteiger partial charge is 0.327 e. The maximum atomic E-state index is 12.6. The van der Waals surface area contributed by atoms with Crippen LogP contribution in [0.3, 0.4) is 0 Å². The summed E-state index contributed by atoms with van der Waals surface area (Å²) in [5.74, 6) is 0.809. The number of rotatable bonds is 3. The summed E-state index contributed by atoms with van der Waals surface area (Å²) in [5.41, 5.74) is 1.62. The minimum Gasteiger partial charge on any atom is -0.355 e. The van der Waals surface area contributed by atoms with E-state index in [4.69, 9.17) is 0 Å². The van der Waals surface area contributed by atoms with Crippen LogP contribution in [0.5, 0.6) is 0 Å². The van der Waals surface area contributed by atoms with Gasteiger partial charge >= 0.3 is 6.03 Å². The van der Waals surface area contributed by atoms with Crippen LogP contribution in [0.4, 0.5) is 10.6 Å². The van der Waals surface area contributed by atoms with Crippen molar-refractivity contribution in [3.05, 3.63) is 12.7 Å². The fraction of sp³-hybridized carbons (Fsp3) is 0.588. The molecule has 0 radical (unpaired) electrons. The standard InChI is InChI=1S/C17H21N7O2/c1-21-10-20-14-15(21)18-9-19-16(14)22-6-4-11(5-7-22)23-8-13(25)24(17(23)26)12-2-3-12/h9-12H,2-8H2,1H3. The molecule has 1 saturated carbocycles. The largest absolute Gasteiger partial charge is 0.355 e. The van der Waals surface area contributed by atoms with Crippen molar-refractivity contribution in [1.29, 1.82) is 0 Å². The van der Waals surface area contributed by atoms with Gasteiger partial charge in [0.1, 0.15) is 12.9 Å². The Morgan fingerprint density at radius 2 is 1.77 bits per heavy atom. The lowest BCUT2D eigenvalue weighted by atomic mass is 10.0. The molecule has 0 bridgehead atoms. The zero-order valence-corrected chi connectivity index (χ0v) is 14.7. The number of amides is 3. The molecule has 5 rings (SSSR count). The van der Waals surface area contributed by atoms with E-state index in [0.29, 0.717) is 0 Å². The Kier molecular flexibility index (Phi) is 3.38. The number of hydrogen-bond acceptors (Lipinski definition) is 6. The van der Waals surface area contributed by atoms with Crippen molar-refractivity contribution < 1.29 is 9.59 Å². The van der Waals surface area contributed by atoms with Gasteiger partial charge in [-0.3, -0.25) is 9.69 Å². The predicted octanol–water partition coefficient (Wildman–Crippen LogP) is 0.759. The zero-order valence-electron chi connectivity index (χ0n) is 14.7. The van der Waals surface area contributed by atoms with Crippen LogP contribution in [0.2, 0.25) is 0 Å². The predicted molar refractivity (Wildman–Crippen MR) is 93.5 cm³/mol. The minimum absolute atomic E-state index is 0.0362. The molecular formula is C17H21N7O2. The number of anilines is 1. The highest BCUT2D eigenvalue weighted by molar-refractivity contribution is 6.02. The Bertz CT molecular complexity index is 882. The number of imidazole rings is 1. The summed E-state index contributed by atoms with van der Waals surface area (Å²) in [4.78, 5) is 43.4. The highest BCUT2D eigenvalue weighted by Crippen LogP contribution is 2.33. The number of imide groups is 1. The summed E-state index contributed by atoms with van der Waals surface area (Å²) in [7, 11) is 1.92. The summed E-state index contributed by atoms with van der Waals surface area (Å²) in [6, 6.07) is 0.177. The van der Waals surface area contributed by atoms with Crippen molar-refractivity contribution in [3.8, 4) is 0 Å². The van der Waals surface area contributed by atoms with Crippen molar-refractivity contribution in [1.82, 2.24) is 29.3 Å². The molecule has 3 aliphatic rings. The SMILES string of the molecule is Cn1cnc2c(N3CCC(N4CC(=O)N(C5CC5)C4=O)CC3)ncnc21. The van der Waals surface area contributed by atoms with Crippen LogP contribution in [0.1, 0.15) is 25.7 Å². The van der Waals surface area contributed by atoms with Crippen molar-refractivity contribution in [2.75, 3.05) is 24.5 Å². The second kappa shape index (κ2) is 5.65. The Labute approximate surface area is 150 Å². The number of piperidine rings is 1. The number of urea groups is 1. The first-order valence-electron chi connectivity index (χ1n) is 9.13. The van der Waals surface area contributed by atoms with E-state index in [-0.39, 0.29) is 30.6 Å².